The van der Waals surface area contributed by atoms with Crippen molar-refractivity contribution >= 4 is 49.8 Å². The number of anilines is 2. The van der Waals surface area contributed by atoms with Gasteiger partial charge in [-0.1, -0.05) is 49.7 Å². The summed E-state index contributed by atoms with van der Waals surface area (Å²) in [4.78, 5) is 41.4. The van der Waals surface area contributed by atoms with Crippen LogP contribution in [0.5, 0.6) is 17.2 Å². The Balaban J connectivity index is 0.876. The zero-order valence-corrected chi connectivity index (χ0v) is 39.5. The Morgan fingerprint density at radius 2 is 1.79 bits per heavy atom. The lowest BCUT2D eigenvalue weighted by atomic mass is 9.59. The summed E-state index contributed by atoms with van der Waals surface area (Å²) in [6.07, 6.45) is 11.0. The van der Waals surface area contributed by atoms with Gasteiger partial charge in [-0.2, -0.15) is 0 Å². The van der Waals surface area contributed by atoms with E-state index in [1.165, 1.54) is 48.9 Å². The fourth-order valence-corrected chi connectivity index (χ4v) is 12.6. The predicted molar refractivity (Wildman–Crippen MR) is 258 cm³/mol. The molecule has 0 radical (unpaired) electrons. The molecular formula is C51H58N8O8S. The van der Waals surface area contributed by atoms with Crippen LogP contribution in [0.1, 0.15) is 118 Å². The Morgan fingerprint density at radius 3 is 2.53 bits per heavy atom. The van der Waals surface area contributed by atoms with Crippen molar-refractivity contribution in [3.8, 4) is 17.2 Å². The van der Waals surface area contributed by atoms with Crippen molar-refractivity contribution in [3.63, 3.8) is 0 Å². The molecule has 5 aliphatic rings. The molecule has 5 heterocycles. The van der Waals surface area contributed by atoms with E-state index in [1.54, 1.807) is 37.4 Å². The molecule has 4 fully saturated rings. The number of aromatic nitrogens is 2. The van der Waals surface area contributed by atoms with Gasteiger partial charge in [-0.3, -0.25) is 19.8 Å². The summed E-state index contributed by atoms with van der Waals surface area (Å²) in [6.45, 7) is 17.1. The van der Waals surface area contributed by atoms with Gasteiger partial charge >= 0.3 is 5.82 Å². The van der Waals surface area contributed by atoms with Crippen LogP contribution in [0, 0.1) is 28.0 Å². The van der Waals surface area contributed by atoms with E-state index in [-0.39, 0.29) is 58.3 Å². The molecule has 1 amide bonds. The molecule has 2 saturated carbocycles. The fourth-order valence-electron chi connectivity index (χ4n) is 11.6. The van der Waals surface area contributed by atoms with Gasteiger partial charge in [0.1, 0.15) is 12.4 Å². The summed E-state index contributed by atoms with van der Waals surface area (Å²) in [5.41, 5.74) is 3.11. The lowest BCUT2D eigenvalue weighted by Crippen LogP contribution is -2.54. The number of likely N-dealkylation sites (tertiary alicyclic amines) is 1. The van der Waals surface area contributed by atoms with Crippen molar-refractivity contribution in [2.45, 2.75) is 120 Å². The maximum Gasteiger partial charge on any atom is 0.314 e. The van der Waals surface area contributed by atoms with Gasteiger partial charge in [-0.05, 0) is 130 Å². The molecule has 2 saturated heterocycles. The van der Waals surface area contributed by atoms with E-state index in [1.807, 2.05) is 0 Å². The lowest BCUT2D eigenvalue weighted by Gasteiger charge is -2.56. The Hall–Kier alpha value is -6.22. The molecule has 3 aromatic carbocycles. The number of nitrogens with one attached hydrogen (secondary N) is 3. The van der Waals surface area contributed by atoms with E-state index < -0.39 is 37.0 Å². The minimum absolute atomic E-state index is 0.0155. The van der Waals surface area contributed by atoms with Crippen LogP contribution in [0.3, 0.4) is 0 Å². The maximum absolute atomic E-state index is 14.2. The highest BCUT2D eigenvalue weighted by Gasteiger charge is 2.50. The number of H-pyrrole nitrogens is 1. The molecular weight excluding hydrogens is 885 g/mol. The number of sulfonamides is 1. The van der Waals surface area contributed by atoms with Crippen molar-refractivity contribution in [1.29, 1.82) is 0 Å². The smallest absolute Gasteiger partial charge is 0.314 e. The molecule has 1 spiro atoms. The highest BCUT2D eigenvalue weighted by molar-refractivity contribution is 7.90. The number of carbonyl (C=O) groups is 1. The van der Waals surface area contributed by atoms with Crippen LogP contribution in [-0.4, -0.2) is 83.1 Å². The number of nitro benzene ring substituents is 1. The van der Waals surface area contributed by atoms with Gasteiger partial charge in [0.05, 0.1) is 27.0 Å². The van der Waals surface area contributed by atoms with Crippen LogP contribution in [-0.2, 0) is 10.0 Å². The van der Waals surface area contributed by atoms with E-state index in [0.717, 1.165) is 44.2 Å². The maximum atomic E-state index is 14.2. The first-order valence-corrected chi connectivity index (χ1v) is 25.4. The van der Waals surface area contributed by atoms with Gasteiger partial charge < -0.3 is 34.6 Å². The summed E-state index contributed by atoms with van der Waals surface area (Å²) < 4.78 is 42.5. The number of pyridine rings is 1. The van der Waals surface area contributed by atoms with E-state index in [0.29, 0.717) is 54.7 Å². The number of benzene rings is 3. The number of nitro groups is 1. The Kier molecular flexibility index (Phi) is 11.9. The highest BCUT2D eigenvalue weighted by Crippen LogP contribution is 2.54. The number of rotatable bonds is 11. The van der Waals surface area contributed by atoms with Crippen molar-refractivity contribution in [2.24, 2.45) is 11.3 Å². The van der Waals surface area contributed by atoms with Gasteiger partial charge in [-0.25, -0.2) is 13.1 Å². The predicted octanol–water partition coefficient (Wildman–Crippen LogP) is 9.76. The van der Waals surface area contributed by atoms with Crippen molar-refractivity contribution < 1.29 is 32.7 Å². The van der Waals surface area contributed by atoms with Gasteiger partial charge in [0.2, 0.25) is 5.65 Å². The first-order valence-electron chi connectivity index (χ1n) is 23.9. The second-order valence-corrected chi connectivity index (χ2v) is 21.9. The molecule has 17 heteroatoms. The van der Waals surface area contributed by atoms with Crippen LogP contribution >= 0.6 is 0 Å². The zero-order chi connectivity index (χ0) is 47.5. The molecule has 10 rings (SSSR count). The number of carbonyl (C=O) groups excluding carboxylic acids is 1. The molecule has 356 valence electrons. The van der Waals surface area contributed by atoms with E-state index in [4.69, 9.17) is 16.0 Å². The largest absolute Gasteiger partial charge is 0.489 e. The zero-order valence-electron chi connectivity index (χ0n) is 38.7. The lowest BCUT2D eigenvalue weighted by molar-refractivity contribution is -0.384. The van der Waals surface area contributed by atoms with Crippen LogP contribution in [0.25, 0.3) is 15.9 Å². The second-order valence-electron chi connectivity index (χ2n) is 20.3. The summed E-state index contributed by atoms with van der Waals surface area (Å²) >= 11 is 0. The summed E-state index contributed by atoms with van der Waals surface area (Å²) in [5.74, 6) is -0.438. The Morgan fingerprint density at radius 1 is 1.03 bits per heavy atom. The standard InChI is InChI=1S/C51H58N8O8S/c1-31(2)37-8-5-6-9-38(37)41-10-7-21-58(41)35-28-51(29-35)18-22-57(23-19-51)34-11-12-39(43(25-34)67-45-24-33-15-20-53-47(33)55-48(45)52-4)49(60)56-68(64,65)36-26-42(59(62)63)46-44(27-36)66-30-40(54-46)32-13-16-50(3,61)17-14-32/h5-6,8-9,11-12,15,20,24-27,31-32,35,40-41,54,61H,7,10,13-14,16-19,21-23,28-30H2,1-3H3,(H,53,55)(H,56,60)/t32?,40-,41-,50?/m1/s1. The normalized spacial score (nSPS) is 23.9. The number of ether oxygens (including phenoxy) is 2. The van der Waals surface area contributed by atoms with Gasteiger partial charge in [0.15, 0.2) is 17.2 Å². The number of aromatic amines is 1. The average Bonchev–Trinajstić information content (AvgIpc) is 3.99. The van der Waals surface area contributed by atoms with Gasteiger partial charge in [0, 0.05) is 60.6 Å². The summed E-state index contributed by atoms with van der Waals surface area (Å²) in [6, 6.07) is 20.2. The third-order valence-corrected chi connectivity index (χ3v) is 16.8. The third kappa shape index (κ3) is 8.73. The molecule has 3 aliphatic heterocycles. The molecule has 0 bridgehead atoms. The van der Waals surface area contributed by atoms with Crippen molar-refractivity contribution in [1.82, 2.24) is 19.6 Å². The Bertz CT molecular complexity index is 2920. The number of fused-ring (bicyclic) bond motifs is 2. The SMILES string of the molecule is [C-]#[N+]c1nc2[nH]ccc2cc1Oc1cc(N2CCC3(CC2)CC(N2CCC[C@@H]2c2ccccc2C(C)C)C3)ccc1C(=O)NS(=O)(=O)c1cc2c(c([N+](=O)[O-])c1)N[C@@H](C1CCC(C)(O)CC1)CO2. The molecule has 0 unspecified atom stereocenters. The quantitative estimate of drug-likeness (QED) is 0.0557. The van der Waals surface area contributed by atoms with Crippen LogP contribution < -0.4 is 24.4 Å². The van der Waals surface area contributed by atoms with Crippen LogP contribution in [0.15, 0.2) is 77.8 Å². The first-order chi connectivity index (χ1) is 32.6. The van der Waals surface area contributed by atoms with Crippen molar-refractivity contribution in [3.05, 3.63) is 111 Å². The molecule has 5 aromatic rings. The monoisotopic (exact) mass is 942 g/mol. The highest BCUT2D eigenvalue weighted by atomic mass is 32.2. The van der Waals surface area contributed by atoms with Crippen LogP contribution in [0.2, 0.25) is 0 Å². The number of amides is 1. The number of nitrogens with zero attached hydrogens (tertiary/aromatic N) is 5. The van der Waals surface area contributed by atoms with Gasteiger partial charge in [0.25, 0.3) is 21.6 Å². The Labute approximate surface area is 396 Å². The molecule has 2 atom stereocenters. The summed E-state index contributed by atoms with van der Waals surface area (Å²) in [5, 5.41) is 26.8. The molecule has 2 aromatic heterocycles. The minimum atomic E-state index is -4.72. The molecule has 2 aliphatic carbocycles. The first kappa shape index (κ1) is 45.6. The number of hydrogen-bond donors (Lipinski definition) is 4. The summed E-state index contributed by atoms with van der Waals surface area (Å²) in [7, 11) is -4.72. The number of piperidine rings is 1. The van der Waals surface area contributed by atoms with Crippen LogP contribution in [0.4, 0.5) is 22.9 Å². The molecule has 16 nitrogen and oxygen atoms in total. The van der Waals surface area contributed by atoms with Crippen molar-refractivity contribution in [2.75, 3.05) is 36.5 Å². The second kappa shape index (κ2) is 17.7. The van der Waals surface area contributed by atoms with E-state index in [2.05, 4.69) is 72.8 Å². The minimum Gasteiger partial charge on any atom is -0.489 e. The topological polar surface area (TPSA) is 197 Å². The fraction of sp³-hybridized carbons (Fsp3) is 0.471. The number of hydrogen-bond acceptors (Lipinski definition) is 12. The molecule has 68 heavy (non-hydrogen) atoms. The number of aliphatic hydroxyl groups is 1. The van der Waals surface area contributed by atoms with E-state index >= 15 is 0 Å². The third-order valence-electron chi connectivity index (χ3n) is 15.5. The van der Waals surface area contributed by atoms with Gasteiger partial charge in [-0.15, -0.1) is 0 Å². The average molecular weight is 943 g/mol. The van der Waals surface area contributed by atoms with E-state index in [9.17, 15) is 28.4 Å². The molecule has 4 N–H and O–H groups in total.